The molecule has 0 heterocycles. The number of guanidine groups is 1. The smallest absolute Gasteiger partial charge is 0.191 e. The van der Waals surface area contributed by atoms with Crippen molar-refractivity contribution in [3.05, 3.63) is 53.6 Å². The van der Waals surface area contributed by atoms with E-state index in [4.69, 9.17) is 9.47 Å². The van der Waals surface area contributed by atoms with Gasteiger partial charge in [-0.3, -0.25) is 4.99 Å². The minimum atomic E-state index is -0.264. The number of phenolic OH excluding ortho intramolecular Hbond substituents is 1. The first-order valence-electron chi connectivity index (χ1n) is 8.89. The third-order valence-corrected chi connectivity index (χ3v) is 3.79. The topological polar surface area (TPSA) is 75.1 Å². The van der Waals surface area contributed by atoms with Crippen molar-refractivity contribution in [2.45, 2.75) is 39.5 Å². The minimum absolute atomic E-state index is 0.211. The molecule has 0 saturated heterocycles. The molecule has 6 nitrogen and oxygen atoms in total. The normalized spacial score (nSPS) is 11.8. The Morgan fingerprint density at radius 1 is 1.04 bits per heavy atom. The predicted molar refractivity (Wildman–Crippen MR) is 109 cm³/mol. The lowest BCUT2D eigenvalue weighted by atomic mass is 10.1. The lowest BCUT2D eigenvalue weighted by Crippen LogP contribution is -2.36. The number of rotatable bonds is 6. The first-order valence-corrected chi connectivity index (χ1v) is 8.89. The molecule has 0 aliphatic rings. The van der Waals surface area contributed by atoms with Crippen LogP contribution in [0, 0.1) is 0 Å². The second-order valence-corrected chi connectivity index (χ2v) is 7.10. The molecule has 27 heavy (non-hydrogen) atoms. The molecule has 0 unspecified atom stereocenters. The average molecular weight is 371 g/mol. The molecule has 2 aromatic carbocycles. The van der Waals surface area contributed by atoms with Gasteiger partial charge in [0.05, 0.1) is 7.11 Å². The van der Waals surface area contributed by atoms with Gasteiger partial charge in [-0.1, -0.05) is 18.2 Å². The summed E-state index contributed by atoms with van der Waals surface area (Å²) in [5.74, 6) is 2.38. The third-order valence-electron chi connectivity index (χ3n) is 3.79. The quantitative estimate of drug-likeness (QED) is 0.536. The highest BCUT2D eigenvalue weighted by molar-refractivity contribution is 5.79. The SMILES string of the molecule is CN=C(NCc1cc(OC)ccc1O)NCc1ccccc1OC(C)(C)C. The van der Waals surface area contributed by atoms with Gasteiger partial charge in [-0.25, -0.2) is 0 Å². The molecule has 0 radical (unpaired) electrons. The van der Waals surface area contributed by atoms with E-state index in [-0.39, 0.29) is 11.4 Å². The third kappa shape index (κ3) is 6.40. The number of phenols is 1. The summed E-state index contributed by atoms with van der Waals surface area (Å²) in [7, 11) is 3.31. The van der Waals surface area contributed by atoms with Gasteiger partial charge in [-0.2, -0.15) is 0 Å². The number of aromatic hydroxyl groups is 1. The van der Waals surface area contributed by atoms with E-state index in [2.05, 4.69) is 15.6 Å². The Morgan fingerprint density at radius 2 is 1.70 bits per heavy atom. The summed E-state index contributed by atoms with van der Waals surface area (Å²) in [4.78, 5) is 4.24. The molecule has 6 heteroatoms. The molecular formula is C21H29N3O3. The number of aliphatic imine (C=N–C) groups is 1. The lowest BCUT2D eigenvalue weighted by molar-refractivity contribution is 0.129. The van der Waals surface area contributed by atoms with Gasteiger partial charge in [-0.15, -0.1) is 0 Å². The van der Waals surface area contributed by atoms with Crippen LogP contribution in [0.3, 0.4) is 0 Å². The number of hydrogen-bond donors (Lipinski definition) is 3. The molecule has 0 spiro atoms. The van der Waals surface area contributed by atoms with Gasteiger partial charge in [0.25, 0.3) is 0 Å². The fraction of sp³-hybridized carbons (Fsp3) is 0.381. The van der Waals surface area contributed by atoms with Crippen LogP contribution in [-0.2, 0) is 13.1 Å². The molecule has 0 aliphatic heterocycles. The van der Waals surface area contributed by atoms with Crippen LogP contribution in [-0.4, -0.2) is 30.8 Å². The van der Waals surface area contributed by atoms with E-state index in [1.807, 2.05) is 45.0 Å². The molecule has 2 aromatic rings. The standard InChI is InChI=1S/C21H29N3O3/c1-21(2,3)27-19-9-7-6-8-15(19)13-23-20(22-4)24-14-16-12-17(26-5)10-11-18(16)25/h6-12,25H,13-14H2,1-5H3,(H2,22,23,24). The van der Waals surface area contributed by atoms with Gasteiger partial charge >= 0.3 is 0 Å². The van der Waals surface area contributed by atoms with Crippen LogP contribution in [0.25, 0.3) is 0 Å². The lowest BCUT2D eigenvalue weighted by Gasteiger charge is -2.23. The zero-order valence-corrected chi connectivity index (χ0v) is 16.7. The summed E-state index contributed by atoms with van der Waals surface area (Å²) >= 11 is 0. The van der Waals surface area contributed by atoms with E-state index in [1.54, 1.807) is 32.4 Å². The number of para-hydroxylation sites is 1. The van der Waals surface area contributed by atoms with Crippen LogP contribution < -0.4 is 20.1 Å². The van der Waals surface area contributed by atoms with Crippen molar-refractivity contribution in [1.82, 2.24) is 10.6 Å². The van der Waals surface area contributed by atoms with E-state index in [1.165, 1.54) is 0 Å². The molecule has 146 valence electrons. The second-order valence-electron chi connectivity index (χ2n) is 7.10. The van der Waals surface area contributed by atoms with E-state index in [9.17, 15) is 5.11 Å². The maximum Gasteiger partial charge on any atom is 0.191 e. The largest absolute Gasteiger partial charge is 0.508 e. The molecule has 0 fully saturated rings. The number of nitrogens with one attached hydrogen (secondary N) is 2. The van der Waals surface area contributed by atoms with Crippen LogP contribution in [0.5, 0.6) is 17.2 Å². The van der Waals surface area contributed by atoms with Crippen molar-refractivity contribution in [2.24, 2.45) is 4.99 Å². The second kappa shape index (κ2) is 9.16. The molecule has 3 N–H and O–H groups in total. The van der Waals surface area contributed by atoms with Crippen molar-refractivity contribution in [1.29, 1.82) is 0 Å². The molecule has 0 atom stereocenters. The van der Waals surface area contributed by atoms with Crippen molar-refractivity contribution >= 4 is 5.96 Å². The zero-order valence-electron chi connectivity index (χ0n) is 16.7. The summed E-state index contributed by atoms with van der Waals surface area (Å²) in [5, 5.41) is 16.5. The van der Waals surface area contributed by atoms with Crippen molar-refractivity contribution in [3.63, 3.8) is 0 Å². The first kappa shape index (κ1) is 20.4. The van der Waals surface area contributed by atoms with Gasteiger partial charge in [0.1, 0.15) is 22.8 Å². The van der Waals surface area contributed by atoms with Crippen LogP contribution >= 0.6 is 0 Å². The highest BCUT2D eigenvalue weighted by Crippen LogP contribution is 2.23. The van der Waals surface area contributed by atoms with Crippen LogP contribution in [0.15, 0.2) is 47.5 Å². The monoisotopic (exact) mass is 371 g/mol. The number of ether oxygens (including phenoxy) is 2. The summed E-state index contributed by atoms with van der Waals surface area (Å²) in [6.45, 7) is 7.06. The van der Waals surface area contributed by atoms with Crippen LogP contribution in [0.2, 0.25) is 0 Å². The summed E-state index contributed by atoms with van der Waals surface area (Å²) in [6.07, 6.45) is 0. The number of nitrogens with zero attached hydrogens (tertiary/aromatic N) is 1. The molecule has 0 bridgehead atoms. The van der Waals surface area contributed by atoms with Crippen molar-refractivity contribution in [2.75, 3.05) is 14.2 Å². The highest BCUT2D eigenvalue weighted by Gasteiger charge is 2.14. The Hall–Kier alpha value is -2.89. The van der Waals surface area contributed by atoms with Crippen molar-refractivity contribution in [3.8, 4) is 17.2 Å². The molecule has 0 amide bonds. The van der Waals surface area contributed by atoms with Gasteiger partial charge < -0.3 is 25.2 Å². The van der Waals surface area contributed by atoms with Gasteiger partial charge in [0.2, 0.25) is 0 Å². The van der Waals surface area contributed by atoms with E-state index in [0.29, 0.717) is 24.8 Å². The Balaban J connectivity index is 1.99. The fourth-order valence-electron chi connectivity index (χ4n) is 2.49. The molecule has 0 aliphatic carbocycles. The fourth-order valence-corrected chi connectivity index (χ4v) is 2.49. The number of methoxy groups -OCH3 is 1. The maximum atomic E-state index is 10.00. The average Bonchev–Trinajstić information content (AvgIpc) is 2.63. The Kier molecular flexibility index (Phi) is 6.93. The first-order chi connectivity index (χ1) is 12.8. The van der Waals surface area contributed by atoms with E-state index >= 15 is 0 Å². The van der Waals surface area contributed by atoms with Crippen LogP contribution in [0.4, 0.5) is 0 Å². The minimum Gasteiger partial charge on any atom is -0.508 e. The van der Waals surface area contributed by atoms with E-state index in [0.717, 1.165) is 16.9 Å². The summed E-state index contributed by atoms with van der Waals surface area (Å²) < 4.78 is 11.2. The highest BCUT2D eigenvalue weighted by atomic mass is 16.5. The number of hydrogen-bond acceptors (Lipinski definition) is 4. The van der Waals surface area contributed by atoms with Gasteiger partial charge in [0.15, 0.2) is 5.96 Å². The molecular weight excluding hydrogens is 342 g/mol. The predicted octanol–water partition coefficient (Wildman–Crippen LogP) is 3.44. The Bertz CT molecular complexity index is 782. The Morgan fingerprint density at radius 3 is 2.33 bits per heavy atom. The Labute approximate surface area is 161 Å². The van der Waals surface area contributed by atoms with Gasteiger partial charge in [-0.05, 0) is 45.0 Å². The zero-order chi connectivity index (χ0) is 19.9. The van der Waals surface area contributed by atoms with Crippen LogP contribution in [0.1, 0.15) is 31.9 Å². The van der Waals surface area contributed by atoms with Crippen molar-refractivity contribution < 1.29 is 14.6 Å². The summed E-state index contributed by atoms with van der Waals surface area (Å²) in [6, 6.07) is 13.1. The summed E-state index contributed by atoms with van der Waals surface area (Å²) in [5.41, 5.74) is 1.51. The molecule has 0 saturated carbocycles. The maximum absolute atomic E-state index is 10.00. The van der Waals surface area contributed by atoms with E-state index < -0.39 is 0 Å². The van der Waals surface area contributed by atoms with Gasteiger partial charge in [0, 0.05) is 31.3 Å². The molecule has 2 rings (SSSR count). The molecule has 0 aromatic heterocycles. The number of benzene rings is 2.